The number of benzene rings is 1. The Morgan fingerprint density at radius 3 is 2.68 bits per heavy atom. The van der Waals surface area contributed by atoms with Crippen LogP contribution in [-0.4, -0.2) is 11.0 Å². The predicted molar refractivity (Wildman–Crippen MR) is 80.8 cm³/mol. The van der Waals surface area contributed by atoms with E-state index in [4.69, 9.17) is 0 Å². The summed E-state index contributed by atoms with van der Waals surface area (Å²) in [6, 6.07) is 6.91. The fourth-order valence-electron chi connectivity index (χ4n) is 1.70. The Kier molecular flexibility index (Phi) is 4.27. The zero-order valence-electron chi connectivity index (χ0n) is 10.7. The molecule has 0 spiro atoms. The van der Waals surface area contributed by atoms with Gasteiger partial charge >= 0.3 is 0 Å². The fourth-order valence-corrected chi connectivity index (χ4v) is 3.04. The third-order valence-electron chi connectivity index (χ3n) is 2.84. The van der Waals surface area contributed by atoms with Gasteiger partial charge in [-0.3, -0.25) is 4.79 Å². The molecular formula is C14H14BrNO2S. The number of halogens is 1. The number of amides is 1. The van der Waals surface area contributed by atoms with Crippen LogP contribution in [0.2, 0.25) is 0 Å². The Morgan fingerprint density at radius 1 is 1.37 bits per heavy atom. The number of rotatable bonds is 3. The van der Waals surface area contributed by atoms with Crippen LogP contribution in [0.3, 0.4) is 0 Å². The molecule has 1 heterocycles. The van der Waals surface area contributed by atoms with Crippen LogP contribution in [0.4, 0.5) is 0 Å². The van der Waals surface area contributed by atoms with Crippen molar-refractivity contribution in [3.8, 4) is 5.75 Å². The van der Waals surface area contributed by atoms with Crippen molar-refractivity contribution in [1.29, 1.82) is 0 Å². The number of carbonyl (C=O) groups is 1. The molecule has 1 amide bonds. The molecule has 0 aliphatic heterocycles. The Balaban J connectivity index is 2.05. The molecule has 19 heavy (non-hydrogen) atoms. The van der Waals surface area contributed by atoms with E-state index in [9.17, 15) is 9.90 Å². The van der Waals surface area contributed by atoms with E-state index in [2.05, 4.69) is 41.2 Å². The first kappa shape index (κ1) is 14.1. The number of phenols is 1. The lowest BCUT2D eigenvalue weighted by Crippen LogP contribution is -2.22. The van der Waals surface area contributed by atoms with Crippen LogP contribution in [0.5, 0.6) is 5.75 Å². The molecule has 2 N–H and O–H groups in total. The molecule has 0 fully saturated rings. The number of thiophene rings is 1. The molecule has 0 aliphatic rings. The third-order valence-corrected chi connectivity index (χ3v) is 4.49. The molecule has 0 aliphatic carbocycles. The van der Waals surface area contributed by atoms with Crippen LogP contribution in [0.1, 0.15) is 25.7 Å². The summed E-state index contributed by atoms with van der Waals surface area (Å²) in [6.07, 6.45) is 0. The molecule has 5 heteroatoms. The Labute approximate surface area is 124 Å². The van der Waals surface area contributed by atoms with Crippen molar-refractivity contribution in [1.82, 2.24) is 5.32 Å². The molecule has 0 atom stereocenters. The minimum atomic E-state index is -0.270. The number of phenolic OH excluding ortho intramolecular Hbond substituents is 1. The van der Waals surface area contributed by atoms with E-state index in [1.807, 2.05) is 0 Å². The standard InChI is InChI=1S/C14H14BrNO2S/c1-8-5-11(19-9(8)2)7-16-14(18)12-4-3-10(15)6-13(12)17/h3-6,17H,7H2,1-2H3,(H,16,18). The van der Waals surface area contributed by atoms with E-state index in [1.165, 1.54) is 16.5 Å². The normalized spacial score (nSPS) is 10.5. The second kappa shape index (κ2) is 5.75. The van der Waals surface area contributed by atoms with Gasteiger partial charge in [-0.2, -0.15) is 0 Å². The van der Waals surface area contributed by atoms with Crippen LogP contribution >= 0.6 is 27.3 Å². The molecule has 1 aromatic heterocycles. The summed E-state index contributed by atoms with van der Waals surface area (Å²) in [5, 5.41) is 12.5. The first-order valence-corrected chi connectivity index (χ1v) is 7.41. The second-order valence-electron chi connectivity index (χ2n) is 4.30. The van der Waals surface area contributed by atoms with Gasteiger partial charge in [-0.25, -0.2) is 0 Å². The lowest BCUT2D eigenvalue weighted by molar-refractivity contribution is 0.0948. The number of hydrogen-bond acceptors (Lipinski definition) is 3. The highest BCUT2D eigenvalue weighted by atomic mass is 79.9. The summed E-state index contributed by atoms with van der Waals surface area (Å²) in [7, 11) is 0. The van der Waals surface area contributed by atoms with Gasteiger partial charge in [0, 0.05) is 14.2 Å². The van der Waals surface area contributed by atoms with E-state index in [0.29, 0.717) is 6.54 Å². The summed E-state index contributed by atoms with van der Waals surface area (Å²) in [6.45, 7) is 4.59. The average molecular weight is 340 g/mol. The van der Waals surface area contributed by atoms with Gasteiger partial charge < -0.3 is 10.4 Å². The van der Waals surface area contributed by atoms with Crippen molar-refractivity contribution < 1.29 is 9.90 Å². The molecule has 0 bridgehead atoms. The average Bonchev–Trinajstić information content (AvgIpc) is 2.66. The summed E-state index contributed by atoms with van der Waals surface area (Å²) in [4.78, 5) is 14.3. The van der Waals surface area contributed by atoms with Crippen LogP contribution < -0.4 is 5.32 Å². The van der Waals surface area contributed by atoms with Crippen molar-refractivity contribution in [3.63, 3.8) is 0 Å². The molecule has 0 saturated heterocycles. The monoisotopic (exact) mass is 339 g/mol. The highest BCUT2D eigenvalue weighted by Crippen LogP contribution is 2.23. The Morgan fingerprint density at radius 2 is 2.11 bits per heavy atom. The Hall–Kier alpha value is -1.33. The highest BCUT2D eigenvalue weighted by Gasteiger charge is 2.11. The molecule has 3 nitrogen and oxygen atoms in total. The zero-order chi connectivity index (χ0) is 14.0. The summed E-state index contributed by atoms with van der Waals surface area (Å²) >= 11 is 4.92. The van der Waals surface area contributed by atoms with Crippen molar-refractivity contribution >= 4 is 33.2 Å². The number of hydrogen-bond donors (Lipinski definition) is 2. The maximum Gasteiger partial charge on any atom is 0.255 e. The van der Waals surface area contributed by atoms with Gasteiger partial charge in [0.15, 0.2) is 0 Å². The number of aryl methyl sites for hydroxylation is 2. The van der Waals surface area contributed by atoms with E-state index in [0.717, 1.165) is 9.35 Å². The van der Waals surface area contributed by atoms with Crippen LogP contribution in [0.25, 0.3) is 0 Å². The minimum absolute atomic E-state index is 0.0228. The van der Waals surface area contributed by atoms with Gasteiger partial charge in [0.25, 0.3) is 5.91 Å². The molecule has 0 saturated carbocycles. The maximum absolute atomic E-state index is 12.0. The summed E-state index contributed by atoms with van der Waals surface area (Å²) < 4.78 is 0.742. The topological polar surface area (TPSA) is 49.3 Å². The molecule has 0 radical (unpaired) electrons. The largest absolute Gasteiger partial charge is 0.507 e. The van der Waals surface area contributed by atoms with Crippen molar-refractivity contribution in [2.75, 3.05) is 0 Å². The van der Waals surface area contributed by atoms with Gasteiger partial charge in [-0.1, -0.05) is 15.9 Å². The second-order valence-corrected chi connectivity index (χ2v) is 6.55. The van der Waals surface area contributed by atoms with E-state index in [-0.39, 0.29) is 17.2 Å². The van der Waals surface area contributed by atoms with Gasteiger partial charge in [0.2, 0.25) is 0 Å². The smallest absolute Gasteiger partial charge is 0.255 e. The van der Waals surface area contributed by atoms with Crippen molar-refractivity contribution in [2.45, 2.75) is 20.4 Å². The van der Waals surface area contributed by atoms with Gasteiger partial charge in [0.05, 0.1) is 12.1 Å². The molecule has 1 aromatic carbocycles. The number of carbonyl (C=O) groups excluding carboxylic acids is 1. The van der Waals surface area contributed by atoms with Crippen LogP contribution in [0.15, 0.2) is 28.7 Å². The van der Waals surface area contributed by atoms with Crippen LogP contribution in [-0.2, 0) is 6.54 Å². The summed E-state index contributed by atoms with van der Waals surface area (Å²) in [5.74, 6) is -0.292. The van der Waals surface area contributed by atoms with Gasteiger partial charge in [-0.05, 0) is 43.7 Å². The van der Waals surface area contributed by atoms with Gasteiger partial charge in [0.1, 0.15) is 5.75 Å². The maximum atomic E-state index is 12.0. The minimum Gasteiger partial charge on any atom is -0.507 e. The number of nitrogens with one attached hydrogen (secondary N) is 1. The molecule has 2 aromatic rings. The van der Waals surface area contributed by atoms with E-state index < -0.39 is 0 Å². The van der Waals surface area contributed by atoms with Gasteiger partial charge in [-0.15, -0.1) is 11.3 Å². The first-order chi connectivity index (χ1) is 8.97. The quantitative estimate of drug-likeness (QED) is 0.894. The molecule has 0 unspecified atom stereocenters. The molecule has 2 rings (SSSR count). The SMILES string of the molecule is Cc1cc(CNC(=O)c2ccc(Br)cc2O)sc1C. The fraction of sp³-hybridized carbons (Fsp3) is 0.214. The Bertz CT molecular complexity index is 602. The zero-order valence-corrected chi connectivity index (χ0v) is 13.1. The van der Waals surface area contributed by atoms with E-state index >= 15 is 0 Å². The first-order valence-electron chi connectivity index (χ1n) is 5.80. The molecule has 100 valence electrons. The lowest BCUT2D eigenvalue weighted by atomic mass is 10.2. The van der Waals surface area contributed by atoms with E-state index in [1.54, 1.807) is 23.5 Å². The molecular weight excluding hydrogens is 326 g/mol. The van der Waals surface area contributed by atoms with Crippen LogP contribution in [0, 0.1) is 13.8 Å². The van der Waals surface area contributed by atoms with Crippen molar-refractivity contribution in [2.24, 2.45) is 0 Å². The lowest BCUT2D eigenvalue weighted by Gasteiger charge is -2.06. The summed E-state index contributed by atoms with van der Waals surface area (Å²) in [5.41, 5.74) is 1.52. The van der Waals surface area contributed by atoms with Crippen molar-refractivity contribution in [3.05, 3.63) is 49.6 Å². The highest BCUT2D eigenvalue weighted by molar-refractivity contribution is 9.10. The predicted octanol–water partition coefficient (Wildman–Crippen LogP) is 3.76. The third kappa shape index (κ3) is 3.36. The number of aromatic hydroxyl groups is 1.